The van der Waals surface area contributed by atoms with Crippen LogP contribution < -0.4 is 31.9 Å². The molecule has 0 aliphatic heterocycles. The van der Waals surface area contributed by atoms with Crippen molar-refractivity contribution in [2.75, 3.05) is 51.0 Å². The lowest BCUT2D eigenvalue weighted by Gasteiger charge is -2.18. The van der Waals surface area contributed by atoms with Crippen LogP contribution in [-0.2, 0) is 19.1 Å². The number of benzene rings is 2. The van der Waals surface area contributed by atoms with Crippen LogP contribution >= 0.6 is 45.3 Å². The summed E-state index contributed by atoms with van der Waals surface area (Å²) in [4.78, 5) is 92.4. The largest absolute Gasteiger partial charge is 0.508 e. The van der Waals surface area contributed by atoms with Gasteiger partial charge in [0.25, 0.3) is 23.6 Å². The number of carbonyl (C=O) groups is 6. The number of phenolic OH excluding ortho intramolecular Hbond substituents is 2. The molecule has 4 amide bonds. The number of thiophene rings is 2. The molecule has 0 unspecified atom stereocenters. The number of anilines is 2. The van der Waals surface area contributed by atoms with Crippen LogP contribution in [0.1, 0.15) is 68.4 Å². The second-order valence-corrected chi connectivity index (χ2v) is 18.0. The summed E-state index contributed by atoms with van der Waals surface area (Å²) in [5.41, 5.74) is 2.84. The molecule has 0 bridgehead atoms. The lowest BCUT2D eigenvalue weighted by atomic mass is 10.1. The molecule has 6 rings (SSSR count). The monoisotopic (exact) mass is 1140 g/mol. The molecule has 2 atom stereocenters. The van der Waals surface area contributed by atoms with Crippen LogP contribution in [0, 0.1) is 55.4 Å². The maximum Gasteiger partial charge on any atom is 0.330 e. The first-order valence-electron chi connectivity index (χ1n) is 21.7. The summed E-state index contributed by atoms with van der Waals surface area (Å²) in [5, 5.41) is 37.8. The van der Waals surface area contributed by atoms with E-state index in [4.69, 9.17) is 21.0 Å². The third kappa shape index (κ3) is 18.5. The number of nitrogens with one attached hydrogen (secondary N) is 6. The van der Waals surface area contributed by atoms with Gasteiger partial charge in [-0.15, -0.1) is 29.1 Å². The minimum Gasteiger partial charge on any atom is -0.508 e. The van der Waals surface area contributed by atoms with Gasteiger partial charge in [0.15, 0.2) is 0 Å². The van der Waals surface area contributed by atoms with Crippen LogP contribution in [0.3, 0.4) is 0 Å². The van der Waals surface area contributed by atoms with Crippen molar-refractivity contribution in [3.05, 3.63) is 136 Å². The fraction of sp³-hybridized carbons (Fsp3) is 0.240. The van der Waals surface area contributed by atoms with Gasteiger partial charge in [-0.2, -0.15) is 0 Å². The molecule has 2 aromatic carbocycles. The molecule has 0 saturated carbocycles. The summed E-state index contributed by atoms with van der Waals surface area (Å²) in [6.45, 7) is 6.85. The molecule has 0 radical (unpaired) electrons. The van der Waals surface area contributed by atoms with Crippen molar-refractivity contribution < 1.29 is 48.5 Å². The van der Waals surface area contributed by atoms with Crippen LogP contribution in [0.5, 0.6) is 11.5 Å². The van der Waals surface area contributed by atoms with Crippen LogP contribution in [0.4, 0.5) is 11.9 Å². The molecule has 8 N–H and O–H groups in total. The molecular formula is C50H51IN10O10S2. The molecule has 0 saturated heterocycles. The number of esters is 2. The van der Waals surface area contributed by atoms with Gasteiger partial charge in [0, 0.05) is 22.2 Å². The average Bonchev–Trinajstić information content (AvgIpc) is 4.12. The lowest BCUT2D eigenvalue weighted by molar-refractivity contribution is -0.143. The van der Waals surface area contributed by atoms with Gasteiger partial charge < -0.3 is 51.6 Å². The van der Waals surface area contributed by atoms with Crippen molar-refractivity contribution in [2.45, 2.75) is 39.8 Å². The number of rotatable bonds is 16. The normalized spacial score (nSPS) is 10.8. The van der Waals surface area contributed by atoms with Gasteiger partial charge in [-0.1, -0.05) is 29.9 Å². The Kier molecular flexibility index (Phi) is 23.0. The molecule has 73 heavy (non-hydrogen) atoms. The lowest BCUT2D eigenvalue weighted by Crippen LogP contribution is -2.49. The number of hydrogen-bond acceptors (Lipinski definition) is 18. The Bertz CT molecular complexity index is 2890. The second-order valence-electron chi connectivity index (χ2n) is 14.9. The quantitative estimate of drug-likeness (QED) is 0.0363. The molecule has 23 heteroatoms. The molecular weight excluding hydrogens is 1090 g/mol. The first-order chi connectivity index (χ1) is 34.9. The number of amides is 4. The Morgan fingerprint density at radius 2 is 1.01 bits per heavy atom. The number of carbonyl (C=O) groups excluding carboxylic acids is 6. The summed E-state index contributed by atoms with van der Waals surface area (Å²) in [5.74, 6) is 6.21. The summed E-state index contributed by atoms with van der Waals surface area (Å²) in [7, 11) is 2.40. The van der Waals surface area contributed by atoms with Crippen LogP contribution in [0.15, 0.2) is 83.6 Å². The van der Waals surface area contributed by atoms with Gasteiger partial charge in [0.1, 0.15) is 23.6 Å². The molecule has 380 valence electrons. The molecule has 4 heterocycles. The van der Waals surface area contributed by atoms with Crippen molar-refractivity contribution >= 4 is 92.7 Å². The number of hydrogen-bond donors (Lipinski definition) is 8. The van der Waals surface area contributed by atoms with E-state index in [-0.39, 0.29) is 54.9 Å². The van der Waals surface area contributed by atoms with Crippen molar-refractivity contribution in [1.82, 2.24) is 41.2 Å². The number of terminal acetylenes is 1. The fourth-order valence-electron chi connectivity index (χ4n) is 6.14. The minimum atomic E-state index is -1.10. The SMILES string of the molecule is C#CCNc1nc(C)c(C(=O)N[C@@H](CNC(=O)c2cccs2)C(=O)OC)c(C)n1.COC(=O)[C@H](CNC(=O)c1cccs1)NC(=O)c1c(C)nc(NCC#Cc2ccc(O)cc2)nc1C.Oc1ccc(I)cc1. The fourth-order valence-corrected chi connectivity index (χ4v) is 7.78. The number of halogens is 1. The zero-order valence-corrected chi connectivity index (χ0v) is 44.1. The van der Waals surface area contributed by atoms with Crippen molar-refractivity contribution in [3.63, 3.8) is 0 Å². The maximum atomic E-state index is 13.0. The molecule has 0 spiro atoms. The summed E-state index contributed by atoms with van der Waals surface area (Å²) < 4.78 is 10.6. The van der Waals surface area contributed by atoms with Crippen molar-refractivity contribution in [3.8, 4) is 35.7 Å². The van der Waals surface area contributed by atoms with Gasteiger partial charge >= 0.3 is 11.9 Å². The Hall–Kier alpha value is -8.13. The van der Waals surface area contributed by atoms with Gasteiger partial charge in [0.05, 0.1) is 71.0 Å². The highest BCUT2D eigenvalue weighted by Crippen LogP contribution is 2.16. The zero-order chi connectivity index (χ0) is 53.5. The van der Waals surface area contributed by atoms with Crippen molar-refractivity contribution in [2.24, 2.45) is 0 Å². The first kappa shape index (κ1) is 57.4. The van der Waals surface area contributed by atoms with Crippen LogP contribution in [0.2, 0.25) is 0 Å². The summed E-state index contributed by atoms with van der Waals surface area (Å²) in [6.07, 6.45) is 5.20. The Morgan fingerprint density at radius 1 is 0.616 bits per heavy atom. The molecule has 20 nitrogen and oxygen atoms in total. The van der Waals surface area contributed by atoms with E-state index in [1.165, 1.54) is 36.9 Å². The second kappa shape index (κ2) is 29.3. The van der Waals surface area contributed by atoms with E-state index in [0.717, 1.165) is 9.13 Å². The number of phenols is 2. The zero-order valence-electron chi connectivity index (χ0n) is 40.3. The molecule has 0 aliphatic carbocycles. The maximum absolute atomic E-state index is 13.0. The topological polar surface area (TPSA) is 285 Å². The Balaban J connectivity index is 0.000000278. The smallest absolute Gasteiger partial charge is 0.330 e. The molecule has 0 aliphatic rings. The third-order valence-electron chi connectivity index (χ3n) is 9.61. The standard InChI is InChI=1S/C25H25N5O5S.C19H21N5O4S.C6H5IO/c1-15-21(16(2)29-25(28-15)26-12-4-6-17-8-10-18(31)11-9-17)23(33)30-19(24(34)35-3)14-27-22(32)20-7-5-13-36-20;1-5-8-20-19-22-11(2)15(12(3)23-19)17(26)24-13(18(27)28-4)10-21-16(25)14-7-6-9-29-14;7-5-1-3-6(8)4-2-5/h5,7-11,13,19,31H,12,14H2,1-3H3,(H,27,32)(H,30,33)(H,26,28,29);1,6-7,9,13H,8,10H2,2-4H3,(H,21,25)(H,24,26)(H,20,22,23);1-4,8H/t19-;13-;/m00./s1. The molecule has 0 fully saturated rings. The van der Waals surface area contributed by atoms with Gasteiger partial charge in [0.2, 0.25) is 11.9 Å². The molecule has 6 aromatic rings. The summed E-state index contributed by atoms with van der Waals surface area (Å²) in [6, 6.07) is 18.2. The number of aromatic nitrogens is 4. The van der Waals surface area contributed by atoms with Crippen molar-refractivity contribution in [1.29, 1.82) is 0 Å². The van der Waals surface area contributed by atoms with E-state index in [1.54, 1.807) is 99.1 Å². The average molecular weight is 1140 g/mol. The van der Waals surface area contributed by atoms with E-state index in [1.807, 2.05) is 12.1 Å². The highest BCUT2D eigenvalue weighted by atomic mass is 127. The summed E-state index contributed by atoms with van der Waals surface area (Å²) >= 11 is 4.72. The van der Waals surface area contributed by atoms with E-state index in [0.29, 0.717) is 50.2 Å². The number of aryl methyl sites for hydroxylation is 4. The Morgan fingerprint density at radius 3 is 1.37 bits per heavy atom. The van der Waals surface area contributed by atoms with Gasteiger partial charge in [-0.3, -0.25) is 19.2 Å². The van der Waals surface area contributed by atoms with Crippen LogP contribution in [-0.4, -0.2) is 118 Å². The number of methoxy groups -OCH3 is 2. The number of ether oxygens (including phenoxy) is 2. The predicted molar refractivity (Wildman–Crippen MR) is 284 cm³/mol. The first-order valence-corrected chi connectivity index (χ1v) is 24.5. The third-order valence-corrected chi connectivity index (χ3v) is 12.1. The van der Waals surface area contributed by atoms with Crippen LogP contribution in [0.25, 0.3) is 0 Å². The highest BCUT2D eigenvalue weighted by Gasteiger charge is 2.27. The predicted octanol–water partition coefficient (Wildman–Crippen LogP) is 4.92. The Labute approximate surface area is 442 Å². The van der Waals surface area contributed by atoms with Gasteiger partial charge in [-0.05, 0) is 122 Å². The minimum absolute atomic E-state index is 0.129. The number of aromatic hydroxyl groups is 2. The van der Waals surface area contributed by atoms with E-state index < -0.39 is 35.8 Å². The van der Waals surface area contributed by atoms with E-state index in [9.17, 15) is 33.9 Å². The number of nitrogens with zero attached hydrogens (tertiary/aromatic N) is 4. The van der Waals surface area contributed by atoms with E-state index >= 15 is 0 Å². The highest BCUT2D eigenvalue weighted by molar-refractivity contribution is 14.1. The molecule has 4 aromatic heterocycles. The van der Waals surface area contributed by atoms with E-state index in [2.05, 4.69) is 92.2 Å². The van der Waals surface area contributed by atoms with Gasteiger partial charge in [-0.25, -0.2) is 29.5 Å².